The minimum absolute atomic E-state index is 0.0152. The predicted molar refractivity (Wildman–Crippen MR) is 129 cm³/mol. The number of benzene rings is 1. The minimum atomic E-state index is -0.632. The van der Waals surface area contributed by atoms with E-state index in [9.17, 15) is 9.18 Å². The molecule has 34 heavy (non-hydrogen) atoms. The fourth-order valence-electron chi connectivity index (χ4n) is 4.29. The molecule has 0 atom stereocenters. The summed E-state index contributed by atoms with van der Waals surface area (Å²) < 4.78 is 14.3. The number of aromatic nitrogens is 4. The first-order valence-corrected chi connectivity index (χ1v) is 11.4. The van der Waals surface area contributed by atoms with Crippen molar-refractivity contribution in [3.8, 4) is 11.3 Å². The summed E-state index contributed by atoms with van der Waals surface area (Å²) in [6.45, 7) is 0.591. The van der Waals surface area contributed by atoms with Crippen LogP contribution < -0.4 is 10.6 Å². The van der Waals surface area contributed by atoms with Crippen LogP contribution in [0.2, 0.25) is 0 Å². The number of amides is 1. The lowest BCUT2D eigenvalue weighted by Crippen LogP contribution is -2.20. The molecule has 1 aliphatic carbocycles. The van der Waals surface area contributed by atoms with Crippen LogP contribution in [0.15, 0.2) is 55.1 Å². The van der Waals surface area contributed by atoms with Crippen LogP contribution in [0.4, 0.5) is 10.2 Å². The molecule has 5 rings (SSSR count). The SMILES string of the molecule is CNC(=O)c1c(F)cnc2c(CCNc3cc(-c4ccnc(C5CCC5)c4)ncn3)cccc12. The monoisotopic (exact) mass is 456 g/mol. The Morgan fingerprint density at radius 1 is 1.12 bits per heavy atom. The summed E-state index contributed by atoms with van der Waals surface area (Å²) >= 11 is 0. The van der Waals surface area contributed by atoms with E-state index >= 15 is 0 Å². The second kappa shape index (κ2) is 9.51. The summed E-state index contributed by atoms with van der Waals surface area (Å²) in [6, 6.07) is 11.5. The van der Waals surface area contributed by atoms with Gasteiger partial charge >= 0.3 is 0 Å². The Labute approximate surface area is 196 Å². The van der Waals surface area contributed by atoms with Gasteiger partial charge < -0.3 is 10.6 Å². The van der Waals surface area contributed by atoms with Crippen LogP contribution >= 0.6 is 0 Å². The largest absolute Gasteiger partial charge is 0.370 e. The zero-order chi connectivity index (χ0) is 23.5. The van der Waals surface area contributed by atoms with Gasteiger partial charge in [0.15, 0.2) is 5.82 Å². The molecule has 7 nitrogen and oxygen atoms in total. The van der Waals surface area contributed by atoms with Crippen LogP contribution in [0.1, 0.15) is 46.8 Å². The molecule has 0 unspecified atom stereocenters. The third-order valence-corrected chi connectivity index (χ3v) is 6.36. The summed E-state index contributed by atoms with van der Waals surface area (Å²) in [7, 11) is 1.48. The lowest BCUT2D eigenvalue weighted by molar-refractivity contribution is 0.0961. The second-order valence-electron chi connectivity index (χ2n) is 8.44. The van der Waals surface area contributed by atoms with Crippen molar-refractivity contribution in [1.82, 2.24) is 25.3 Å². The quantitative estimate of drug-likeness (QED) is 0.425. The van der Waals surface area contributed by atoms with Crippen LogP contribution in [-0.2, 0) is 6.42 Å². The van der Waals surface area contributed by atoms with Gasteiger partial charge in [-0.05, 0) is 37.0 Å². The minimum Gasteiger partial charge on any atom is -0.370 e. The van der Waals surface area contributed by atoms with E-state index in [4.69, 9.17) is 0 Å². The van der Waals surface area contributed by atoms with E-state index in [2.05, 4.69) is 36.6 Å². The van der Waals surface area contributed by atoms with Crippen LogP contribution in [0.25, 0.3) is 22.2 Å². The van der Waals surface area contributed by atoms with E-state index in [0.717, 1.165) is 34.5 Å². The van der Waals surface area contributed by atoms with Gasteiger partial charge in [0.1, 0.15) is 12.1 Å². The number of fused-ring (bicyclic) bond motifs is 1. The van der Waals surface area contributed by atoms with E-state index < -0.39 is 11.7 Å². The molecule has 1 aliphatic rings. The predicted octanol–water partition coefficient (Wildman–Crippen LogP) is 4.51. The Morgan fingerprint density at radius 3 is 2.79 bits per heavy atom. The van der Waals surface area contributed by atoms with Crippen molar-refractivity contribution >= 4 is 22.6 Å². The van der Waals surface area contributed by atoms with E-state index in [1.54, 1.807) is 12.4 Å². The first-order valence-electron chi connectivity index (χ1n) is 11.4. The molecule has 3 aromatic heterocycles. The molecule has 1 amide bonds. The number of para-hydroxylation sites is 1. The molecule has 3 heterocycles. The first-order chi connectivity index (χ1) is 16.6. The fourth-order valence-corrected chi connectivity index (χ4v) is 4.29. The second-order valence-corrected chi connectivity index (χ2v) is 8.44. The van der Waals surface area contributed by atoms with E-state index in [1.807, 2.05) is 30.5 Å². The fraction of sp³-hybridized carbons (Fsp3) is 0.269. The molecule has 172 valence electrons. The maximum absolute atomic E-state index is 14.3. The van der Waals surface area contributed by atoms with Crippen LogP contribution in [0.5, 0.6) is 0 Å². The Balaban J connectivity index is 1.32. The summed E-state index contributed by atoms with van der Waals surface area (Å²) in [5.74, 6) is 0.181. The lowest BCUT2D eigenvalue weighted by atomic mass is 9.82. The molecule has 0 spiro atoms. The number of nitrogens with zero attached hydrogens (tertiary/aromatic N) is 4. The van der Waals surface area contributed by atoms with Crippen LogP contribution in [0, 0.1) is 5.82 Å². The molecule has 1 fully saturated rings. The average molecular weight is 457 g/mol. The molecule has 0 radical (unpaired) electrons. The van der Waals surface area contributed by atoms with E-state index in [-0.39, 0.29) is 5.56 Å². The molecular formula is C26H25FN6O. The van der Waals surface area contributed by atoms with Crippen molar-refractivity contribution in [2.45, 2.75) is 31.6 Å². The van der Waals surface area contributed by atoms with E-state index in [0.29, 0.717) is 29.8 Å². The molecule has 0 bridgehead atoms. The zero-order valence-corrected chi connectivity index (χ0v) is 18.9. The maximum Gasteiger partial charge on any atom is 0.254 e. The molecule has 1 aromatic carbocycles. The van der Waals surface area contributed by atoms with E-state index in [1.165, 1.54) is 26.3 Å². The average Bonchev–Trinajstić information content (AvgIpc) is 2.83. The van der Waals surface area contributed by atoms with Gasteiger partial charge in [0.05, 0.1) is 23.0 Å². The van der Waals surface area contributed by atoms with Gasteiger partial charge in [-0.15, -0.1) is 0 Å². The van der Waals surface area contributed by atoms with Crippen LogP contribution in [-0.4, -0.2) is 39.4 Å². The Bertz CT molecular complexity index is 1350. The Hall–Kier alpha value is -3.94. The summed E-state index contributed by atoms with van der Waals surface area (Å²) in [5, 5.41) is 6.34. The number of rotatable bonds is 7. The molecule has 1 saturated carbocycles. The number of anilines is 1. The van der Waals surface area contributed by atoms with Gasteiger partial charge in [0, 0.05) is 48.4 Å². The number of pyridine rings is 2. The van der Waals surface area contributed by atoms with Crippen LogP contribution in [0.3, 0.4) is 0 Å². The number of hydrogen-bond donors (Lipinski definition) is 2. The molecule has 2 N–H and O–H groups in total. The molecular weight excluding hydrogens is 431 g/mol. The highest BCUT2D eigenvalue weighted by Gasteiger charge is 2.21. The molecule has 8 heteroatoms. The molecule has 0 aliphatic heterocycles. The van der Waals surface area contributed by atoms with Gasteiger partial charge in [-0.1, -0.05) is 24.6 Å². The van der Waals surface area contributed by atoms with Crippen molar-refractivity contribution in [3.05, 3.63) is 77.8 Å². The third-order valence-electron chi connectivity index (χ3n) is 6.36. The van der Waals surface area contributed by atoms with Crippen molar-refractivity contribution in [3.63, 3.8) is 0 Å². The van der Waals surface area contributed by atoms with Gasteiger partial charge in [-0.25, -0.2) is 14.4 Å². The first kappa shape index (κ1) is 21.9. The van der Waals surface area contributed by atoms with Crippen molar-refractivity contribution in [1.29, 1.82) is 0 Å². The number of hydrogen-bond acceptors (Lipinski definition) is 6. The topological polar surface area (TPSA) is 92.7 Å². The highest BCUT2D eigenvalue weighted by atomic mass is 19.1. The normalized spacial score (nSPS) is 13.5. The zero-order valence-electron chi connectivity index (χ0n) is 18.9. The smallest absolute Gasteiger partial charge is 0.254 e. The number of carbonyl (C=O) groups excluding carboxylic acids is 1. The van der Waals surface area contributed by atoms with Gasteiger partial charge in [-0.3, -0.25) is 14.8 Å². The highest BCUT2D eigenvalue weighted by Crippen LogP contribution is 2.36. The molecule has 4 aromatic rings. The number of halogens is 1. The molecule has 0 saturated heterocycles. The van der Waals surface area contributed by atoms with Crippen molar-refractivity contribution in [2.75, 3.05) is 18.9 Å². The summed E-state index contributed by atoms with van der Waals surface area (Å²) in [5.41, 5.74) is 4.56. The Kier molecular flexibility index (Phi) is 6.12. The summed E-state index contributed by atoms with van der Waals surface area (Å²) in [4.78, 5) is 29.8. The third kappa shape index (κ3) is 4.31. The number of nitrogens with one attached hydrogen (secondary N) is 2. The van der Waals surface area contributed by atoms with Gasteiger partial charge in [0.25, 0.3) is 5.91 Å². The lowest BCUT2D eigenvalue weighted by Gasteiger charge is -2.24. The highest BCUT2D eigenvalue weighted by molar-refractivity contribution is 6.06. The van der Waals surface area contributed by atoms with Crippen molar-refractivity contribution in [2.24, 2.45) is 0 Å². The van der Waals surface area contributed by atoms with Crippen molar-refractivity contribution < 1.29 is 9.18 Å². The Morgan fingerprint density at radius 2 is 2.00 bits per heavy atom. The standard InChI is InChI=1S/C26H25FN6O/c1-28-26(34)24-19-7-3-6-17(25(19)31-14-20(24)27)8-11-30-23-13-22(32-15-33-23)18-9-10-29-21(12-18)16-4-2-5-16/h3,6-7,9-10,12-16H,2,4-5,8,11H2,1H3,(H,28,34)(H,30,32,33). The number of carbonyl (C=O) groups is 1. The van der Waals surface area contributed by atoms with Gasteiger partial charge in [-0.2, -0.15) is 0 Å². The maximum atomic E-state index is 14.3. The van der Waals surface area contributed by atoms with Gasteiger partial charge in [0.2, 0.25) is 0 Å². The summed E-state index contributed by atoms with van der Waals surface area (Å²) in [6.07, 6.45) is 8.81.